The van der Waals surface area contributed by atoms with Crippen molar-refractivity contribution in [2.75, 3.05) is 39.5 Å². The summed E-state index contributed by atoms with van der Waals surface area (Å²) in [5.41, 5.74) is 0.841. The molecule has 0 aromatic rings. The summed E-state index contributed by atoms with van der Waals surface area (Å²) in [5, 5.41) is 5.82. The lowest BCUT2D eigenvalue weighted by Gasteiger charge is -2.31. The van der Waals surface area contributed by atoms with Crippen molar-refractivity contribution in [2.24, 2.45) is 0 Å². The molecule has 3 aliphatic rings. The molecular formula is C13H19N3O4. The summed E-state index contributed by atoms with van der Waals surface area (Å²) in [4.78, 5) is 25.3. The van der Waals surface area contributed by atoms with Gasteiger partial charge >= 0.3 is 0 Å². The normalized spacial score (nSPS) is 29.7. The maximum Gasteiger partial charge on any atom is 0.255 e. The van der Waals surface area contributed by atoms with E-state index in [1.807, 2.05) is 6.08 Å². The molecule has 0 spiro atoms. The van der Waals surface area contributed by atoms with Crippen molar-refractivity contribution in [1.29, 1.82) is 0 Å². The molecule has 2 atom stereocenters. The molecule has 1 unspecified atom stereocenters. The fraction of sp³-hybridized carbons (Fsp3) is 0.692. The van der Waals surface area contributed by atoms with Gasteiger partial charge in [-0.1, -0.05) is 6.08 Å². The van der Waals surface area contributed by atoms with Gasteiger partial charge in [0.15, 0.2) is 6.10 Å². The summed E-state index contributed by atoms with van der Waals surface area (Å²) < 4.78 is 10.9. The number of carbonyl (C=O) groups is 2. The topological polar surface area (TPSA) is 79.9 Å². The molecule has 3 rings (SSSR count). The molecule has 20 heavy (non-hydrogen) atoms. The van der Waals surface area contributed by atoms with Crippen molar-refractivity contribution in [2.45, 2.75) is 18.6 Å². The average Bonchev–Trinajstić information content (AvgIpc) is 2.85. The highest BCUT2D eigenvalue weighted by Crippen LogP contribution is 2.29. The molecule has 0 aromatic heterocycles. The van der Waals surface area contributed by atoms with Gasteiger partial charge in [0.1, 0.15) is 13.3 Å². The van der Waals surface area contributed by atoms with Crippen LogP contribution in [-0.2, 0) is 19.1 Å². The molecule has 2 aliphatic heterocycles. The molecule has 0 bridgehead atoms. The Bertz CT molecular complexity index is 431. The van der Waals surface area contributed by atoms with E-state index in [1.54, 1.807) is 4.90 Å². The summed E-state index contributed by atoms with van der Waals surface area (Å²) in [6.45, 7) is 3.42. The number of nitrogens with one attached hydrogen (secondary N) is 2. The minimum atomic E-state index is -0.539. The van der Waals surface area contributed by atoms with E-state index in [0.717, 1.165) is 38.2 Å². The van der Waals surface area contributed by atoms with Crippen molar-refractivity contribution >= 4 is 11.8 Å². The first-order chi connectivity index (χ1) is 9.75. The van der Waals surface area contributed by atoms with E-state index in [9.17, 15) is 9.59 Å². The molecule has 2 amide bonds. The van der Waals surface area contributed by atoms with E-state index in [2.05, 4.69) is 10.6 Å². The number of carbonyl (C=O) groups excluding carboxylic acids is 2. The second kappa shape index (κ2) is 5.90. The summed E-state index contributed by atoms with van der Waals surface area (Å²) in [6.07, 6.45) is 1.96. The lowest BCUT2D eigenvalue weighted by Crippen LogP contribution is -2.48. The number of amides is 2. The number of rotatable bonds is 4. The lowest BCUT2D eigenvalue weighted by molar-refractivity contribution is -0.138. The van der Waals surface area contributed by atoms with Crippen LogP contribution >= 0.6 is 0 Å². The predicted molar refractivity (Wildman–Crippen MR) is 69.8 cm³/mol. The van der Waals surface area contributed by atoms with Crippen LogP contribution < -0.4 is 10.6 Å². The number of nitrogens with zero attached hydrogens (tertiary/aromatic N) is 1. The number of ether oxygens (including phenoxy) is 2. The smallest absolute Gasteiger partial charge is 0.255 e. The van der Waals surface area contributed by atoms with Crippen LogP contribution in [-0.4, -0.2) is 68.4 Å². The third kappa shape index (κ3) is 2.70. The minimum Gasteiger partial charge on any atom is -0.364 e. The molecule has 0 radical (unpaired) electrons. The average molecular weight is 281 g/mol. The summed E-state index contributed by atoms with van der Waals surface area (Å²) >= 11 is 0. The van der Waals surface area contributed by atoms with Crippen LogP contribution in [0.2, 0.25) is 0 Å². The number of piperazine rings is 1. The van der Waals surface area contributed by atoms with Crippen molar-refractivity contribution < 1.29 is 19.1 Å². The largest absolute Gasteiger partial charge is 0.364 e. The monoisotopic (exact) mass is 281 g/mol. The predicted octanol–water partition coefficient (Wildman–Crippen LogP) is -1.39. The lowest BCUT2D eigenvalue weighted by atomic mass is 9.90. The standard InChI is InChI=1S/C13H19N3O4/c17-11(16-5-3-14-4-6-16)7-19-10-2-1-9(10)12-13(18)15-8-20-12/h1,10,12,14H,2-8H2,(H,15,18)/t10-,12?/m1/s1. The van der Waals surface area contributed by atoms with Gasteiger partial charge in [0.2, 0.25) is 5.91 Å². The summed E-state index contributed by atoms with van der Waals surface area (Å²) in [7, 11) is 0. The highest BCUT2D eigenvalue weighted by molar-refractivity contribution is 5.86. The zero-order valence-corrected chi connectivity index (χ0v) is 11.3. The van der Waals surface area contributed by atoms with E-state index in [-0.39, 0.29) is 31.3 Å². The Kier molecular flexibility index (Phi) is 4.00. The van der Waals surface area contributed by atoms with Gasteiger partial charge in [0.05, 0.1) is 6.10 Å². The van der Waals surface area contributed by atoms with Crippen LogP contribution in [0.5, 0.6) is 0 Å². The van der Waals surface area contributed by atoms with E-state index in [0.29, 0.717) is 0 Å². The Labute approximate surface area is 117 Å². The Morgan fingerprint density at radius 3 is 2.85 bits per heavy atom. The third-order valence-electron chi connectivity index (χ3n) is 3.85. The second-order valence-corrected chi connectivity index (χ2v) is 5.10. The van der Waals surface area contributed by atoms with Gasteiger partial charge < -0.3 is 25.0 Å². The Morgan fingerprint density at radius 2 is 2.25 bits per heavy atom. The van der Waals surface area contributed by atoms with Gasteiger partial charge in [-0.15, -0.1) is 0 Å². The Hall–Kier alpha value is -1.44. The zero-order chi connectivity index (χ0) is 13.9. The van der Waals surface area contributed by atoms with Gasteiger partial charge in [-0.2, -0.15) is 0 Å². The van der Waals surface area contributed by atoms with Crippen molar-refractivity contribution in [3.05, 3.63) is 11.6 Å². The fourth-order valence-corrected chi connectivity index (χ4v) is 2.58. The number of hydrogen-bond donors (Lipinski definition) is 2. The minimum absolute atomic E-state index is 0.00884. The molecule has 2 N–H and O–H groups in total. The van der Waals surface area contributed by atoms with Gasteiger partial charge in [0.25, 0.3) is 5.91 Å². The molecular weight excluding hydrogens is 262 g/mol. The van der Waals surface area contributed by atoms with Crippen LogP contribution in [0.4, 0.5) is 0 Å². The molecule has 110 valence electrons. The van der Waals surface area contributed by atoms with Crippen LogP contribution in [0, 0.1) is 0 Å². The van der Waals surface area contributed by atoms with Gasteiger partial charge in [-0.3, -0.25) is 9.59 Å². The molecule has 0 saturated carbocycles. The Balaban J connectivity index is 1.46. The maximum absolute atomic E-state index is 12.0. The fourth-order valence-electron chi connectivity index (χ4n) is 2.58. The molecule has 2 saturated heterocycles. The Morgan fingerprint density at radius 1 is 1.45 bits per heavy atom. The molecule has 1 aliphatic carbocycles. The van der Waals surface area contributed by atoms with Crippen LogP contribution in [0.25, 0.3) is 0 Å². The van der Waals surface area contributed by atoms with Crippen LogP contribution in [0.1, 0.15) is 6.42 Å². The van der Waals surface area contributed by atoms with Gasteiger partial charge in [-0.25, -0.2) is 0 Å². The highest BCUT2D eigenvalue weighted by atomic mass is 16.5. The molecule has 7 heteroatoms. The highest BCUT2D eigenvalue weighted by Gasteiger charge is 2.37. The first kappa shape index (κ1) is 13.5. The van der Waals surface area contributed by atoms with Crippen molar-refractivity contribution in [1.82, 2.24) is 15.5 Å². The first-order valence-electron chi connectivity index (χ1n) is 6.95. The molecule has 2 heterocycles. The second-order valence-electron chi connectivity index (χ2n) is 5.10. The van der Waals surface area contributed by atoms with Gasteiger partial charge in [-0.05, 0) is 12.0 Å². The van der Waals surface area contributed by atoms with Gasteiger partial charge in [0, 0.05) is 26.2 Å². The van der Waals surface area contributed by atoms with E-state index < -0.39 is 6.10 Å². The molecule has 0 aromatic carbocycles. The molecule has 2 fully saturated rings. The third-order valence-corrected chi connectivity index (χ3v) is 3.85. The zero-order valence-electron chi connectivity index (χ0n) is 11.3. The van der Waals surface area contributed by atoms with Crippen molar-refractivity contribution in [3.63, 3.8) is 0 Å². The first-order valence-corrected chi connectivity index (χ1v) is 6.95. The van der Waals surface area contributed by atoms with Crippen molar-refractivity contribution in [3.8, 4) is 0 Å². The molecule has 7 nitrogen and oxygen atoms in total. The van der Waals surface area contributed by atoms with E-state index in [1.165, 1.54) is 0 Å². The quantitative estimate of drug-likeness (QED) is 0.620. The van der Waals surface area contributed by atoms with Crippen LogP contribution in [0.3, 0.4) is 0 Å². The van der Waals surface area contributed by atoms with Crippen LogP contribution in [0.15, 0.2) is 11.6 Å². The maximum atomic E-state index is 12.0. The van der Waals surface area contributed by atoms with E-state index >= 15 is 0 Å². The summed E-state index contributed by atoms with van der Waals surface area (Å²) in [6, 6.07) is 0. The van der Waals surface area contributed by atoms with E-state index in [4.69, 9.17) is 9.47 Å². The SMILES string of the molecule is O=C1NCOC1C1=CC[C@H]1OCC(=O)N1CCNCC1. The summed E-state index contributed by atoms with van der Waals surface area (Å²) in [5.74, 6) is -0.118. The number of hydrogen-bond acceptors (Lipinski definition) is 5.